The van der Waals surface area contributed by atoms with E-state index in [1.54, 1.807) is 41.6 Å². The summed E-state index contributed by atoms with van der Waals surface area (Å²) in [5.41, 5.74) is 2.39. The zero-order chi connectivity index (χ0) is 28.4. The molecule has 208 valence electrons. The Balaban J connectivity index is 1.29. The van der Waals surface area contributed by atoms with Crippen LogP contribution in [0.15, 0.2) is 79.3 Å². The SMILES string of the molecule is O=C1c2ccccc2C(=O)N1CC(=O)N(CCc1c[nH]c2ccccc12)C1(C(=O)NCc2cccnc2)CCCC1. The van der Waals surface area contributed by atoms with Crippen LogP contribution in [-0.4, -0.2) is 62.0 Å². The predicted octanol–water partition coefficient (Wildman–Crippen LogP) is 3.86. The van der Waals surface area contributed by atoms with Crippen molar-refractivity contribution in [2.45, 2.75) is 44.2 Å². The summed E-state index contributed by atoms with van der Waals surface area (Å²) in [6.07, 6.45) is 8.42. The van der Waals surface area contributed by atoms with E-state index >= 15 is 0 Å². The predicted molar refractivity (Wildman–Crippen MR) is 153 cm³/mol. The molecule has 9 nitrogen and oxygen atoms in total. The van der Waals surface area contributed by atoms with Gasteiger partial charge in [0.05, 0.1) is 11.1 Å². The van der Waals surface area contributed by atoms with Gasteiger partial charge in [-0.3, -0.25) is 29.1 Å². The third kappa shape index (κ3) is 4.88. The van der Waals surface area contributed by atoms with Crippen molar-refractivity contribution in [1.82, 2.24) is 25.1 Å². The second kappa shape index (κ2) is 11.0. The number of benzene rings is 2. The quantitative estimate of drug-likeness (QED) is 0.308. The van der Waals surface area contributed by atoms with Gasteiger partial charge in [0.1, 0.15) is 12.1 Å². The molecule has 2 aromatic heterocycles. The van der Waals surface area contributed by atoms with Gasteiger partial charge in [0, 0.05) is 42.6 Å². The Hall–Kier alpha value is -4.79. The lowest BCUT2D eigenvalue weighted by molar-refractivity contribution is -0.148. The summed E-state index contributed by atoms with van der Waals surface area (Å²) in [5, 5.41) is 4.10. The van der Waals surface area contributed by atoms with Crippen LogP contribution in [0.3, 0.4) is 0 Å². The number of carbonyl (C=O) groups is 4. The van der Waals surface area contributed by atoms with Crippen molar-refractivity contribution in [2.75, 3.05) is 13.1 Å². The lowest BCUT2D eigenvalue weighted by atomic mass is 9.92. The number of imide groups is 1. The van der Waals surface area contributed by atoms with Crippen molar-refractivity contribution in [2.24, 2.45) is 0 Å². The number of para-hydroxylation sites is 1. The molecule has 0 radical (unpaired) electrons. The van der Waals surface area contributed by atoms with E-state index in [0.29, 0.717) is 30.4 Å². The molecule has 0 bridgehead atoms. The topological polar surface area (TPSA) is 115 Å². The van der Waals surface area contributed by atoms with Gasteiger partial charge >= 0.3 is 0 Å². The number of aromatic amines is 1. The van der Waals surface area contributed by atoms with E-state index in [2.05, 4.69) is 15.3 Å². The van der Waals surface area contributed by atoms with Crippen LogP contribution in [-0.2, 0) is 22.6 Å². The van der Waals surface area contributed by atoms with Crippen LogP contribution in [0.4, 0.5) is 0 Å². The van der Waals surface area contributed by atoms with Crippen LogP contribution in [0.2, 0.25) is 0 Å². The van der Waals surface area contributed by atoms with Gasteiger partial charge in [0.25, 0.3) is 11.8 Å². The van der Waals surface area contributed by atoms with Crippen molar-refractivity contribution < 1.29 is 19.2 Å². The molecular weight excluding hydrogens is 518 g/mol. The first-order chi connectivity index (χ1) is 20.0. The molecule has 3 heterocycles. The Morgan fingerprint density at radius 2 is 1.66 bits per heavy atom. The molecule has 4 aromatic rings. The average Bonchev–Trinajstić information content (AvgIpc) is 3.72. The van der Waals surface area contributed by atoms with E-state index in [-0.39, 0.29) is 19.0 Å². The van der Waals surface area contributed by atoms with E-state index < -0.39 is 29.8 Å². The molecule has 0 spiro atoms. The lowest BCUT2D eigenvalue weighted by Crippen LogP contribution is -2.61. The highest BCUT2D eigenvalue weighted by Gasteiger charge is 2.49. The minimum Gasteiger partial charge on any atom is -0.361 e. The number of nitrogens with one attached hydrogen (secondary N) is 2. The van der Waals surface area contributed by atoms with Gasteiger partial charge in [-0.15, -0.1) is 0 Å². The van der Waals surface area contributed by atoms with Crippen molar-refractivity contribution in [1.29, 1.82) is 0 Å². The number of hydrogen-bond acceptors (Lipinski definition) is 5. The average molecular weight is 550 g/mol. The van der Waals surface area contributed by atoms with Gasteiger partial charge < -0.3 is 15.2 Å². The molecular formula is C32H31N5O4. The second-order valence-corrected chi connectivity index (χ2v) is 10.7. The van der Waals surface area contributed by atoms with Gasteiger partial charge in [-0.1, -0.05) is 49.2 Å². The number of amides is 4. The normalized spacial score (nSPS) is 15.8. The summed E-state index contributed by atoms with van der Waals surface area (Å²) in [7, 11) is 0. The summed E-state index contributed by atoms with van der Waals surface area (Å²) in [6, 6.07) is 18.2. The van der Waals surface area contributed by atoms with E-state index in [1.807, 2.05) is 42.6 Å². The van der Waals surface area contributed by atoms with Gasteiger partial charge in [-0.05, 0) is 54.7 Å². The van der Waals surface area contributed by atoms with E-state index in [1.165, 1.54) is 0 Å². The zero-order valence-corrected chi connectivity index (χ0v) is 22.6. The number of hydrogen-bond donors (Lipinski definition) is 2. The molecule has 0 saturated heterocycles. The molecule has 0 atom stereocenters. The molecule has 2 aromatic carbocycles. The first-order valence-corrected chi connectivity index (χ1v) is 14.0. The molecule has 1 fully saturated rings. The molecule has 6 rings (SSSR count). The van der Waals surface area contributed by atoms with Crippen molar-refractivity contribution in [3.8, 4) is 0 Å². The van der Waals surface area contributed by atoms with Crippen LogP contribution in [0.1, 0.15) is 57.5 Å². The highest BCUT2D eigenvalue weighted by molar-refractivity contribution is 6.22. The number of carbonyl (C=O) groups excluding carboxylic acids is 4. The fourth-order valence-corrected chi connectivity index (χ4v) is 6.18. The maximum absolute atomic E-state index is 14.1. The molecule has 1 aliphatic carbocycles. The van der Waals surface area contributed by atoms with Crippen molar-refractivity contribution in [3.05, 3.63) is 102 Å². The molecule has 2 aliphatic rings. The number of nitrogens with zero attached hydrogens (tertiary/aromatic N) is 3. The fourth-order valence-electron chi connectivity index (χ4n) is 6.18. The number of fused-ring (bicyclic) bond motifs is 2. The highest BCUT2D eigenvalue weighted by atomic mass is 16.2. The molecule has 0 unspecified atom stereocenters. The first-order valence-electron chi connectivity index (χ1n) is 14.0. The Bertz CT molecular complexity index is 1590. The van der Waals surface area contributed by atoms with E-state index in [9.17, 15) is 19.2 Å². The molecule has 41 heavy (non-hydrogen) atoms. The van der Waals surface area contributed by atoms with Crippen molar-refractivity contribution >= 4 is 34.5 Å². The van der Waals surface area contributed by atoms with Gasteiger partial charge in [-0.25, -0.2) is 0 Å². The Morgan fingerprint density at radius 3 is 2.37 bits per heavy atom. The van der Waals surface area contributed by atoms with Crippen LogP contribution in [0.25, 0.3) is 10.9 Å². The lowest BCUT2D eigenvalue weighted by Gasteiger charge is -2.40. The summed E-state index contributed by atoms with van der Waals surface area (Å²) >= 11 is 0. The molecule has 4 amide bonds. The molecule has 2 N–H and O–H groups in total. The first kappa shape index (κ1) is 26.4. The molecule has 1 aliphatic heterocycles. The van der Waals surface area contributed by atoms with Crippen LogP contribution >= 0.6 is 0 Å². The maximum Gasteiger partial charge on any atom is 0.262 e. The summed E-state index contributed by atoms with van der Waals surface area (Å²) in [4.78, 5) is 64.3. The summed E-state index contributed by atoms with van der Waals surface area (Å²) in [6.45, 7) is 0.138. The van der Waals surface area contributed by atoms with Gasteiger partial charge in [-0.2, -0.15) is 0 Å². The Kier molecular flexibility index (Phi) is 7.09. The van der Waals surface area contributed by atoms with Crippen LogP contribution in [0, 0.1) is 0 Å². The van der Waals surface area contributed by atoms with Crippen LogP contribution in [0.5, 0.6) is 0 Å². The zero-order valence-electron chi connectivity index (χ0n) is 22.6. The van der Waals surface area contributed by atoms with Crippen molar-refractivity contribution in [3.63, 3.8) is 0 Å². The van der Waals surface area contributed by atoms with Gasteiger partial charge in [0.15, 0.2) is 0 Å². The van der Waals surface area contributed by atoms with Crippen LogP contribution < -0.4 is 5.32 Å². The highest BCUT2D eigenvalue weighted by Crippen LogP contribution is 2.37. The monoisotopic (exact) mass is 549 g/mol. The standard InChI is InChI=1S/C32H31N5O4/c38-28(21-36-29(39)25-10-1-2-11-26(25)30(36)40)37(17-13-23-20-34-27-12-4-3-9-24(23)27)32(14-5-6-15-32)31(41)35-19-22-8-7-16-33-18-22/h1-4,7-12,16,18,20,34H,5-6,13-15,17,19,21H2,(H,35,41). The number of rotatable bonds is 9. The number of pyridine rings is 1. The van der Waals surface area contributed by atoms with Gasteiger partial charge in [0.2, 0.25) is 11.8 Å². The third-order valence-corrected chi connectivity index (χ3v) is 8.30. The Labute approximate surface area is 237 Å². The minimum atomic E-state index is -1.08. The summed E-state index contributed by atoms with van der Waals surface area (Å²) in [5.74, 6) is -1.62. The number of aromatic nitrogens is 2. The second-order valence-electron chi connectivity index (χ2n) is 10.7. The van der Waals surface area contributed by atoms with E-state index in [4.69, 9.17) is 0 Å². The Morgan fingerprint density at radius 1 is 0.951 bits per heavy atom. The third-order valence-electron chi connectivity index (χ3n) is 8.30. The van der Waals surface area contributed by atoms with E-state index in [0.717, 1.165) is 39.8 Å². The fraction of sp³-hybridized carbons (Fsp3) is 0.281. The minimum absolute atomic E-state index is 0.228. The number of H-pyrrole nitrogens is 1. The molecule has 1 saturated carbocycles. The summed E-state index contributed by atoms with van der Waals surface area (Å²) < 4.78 is 0. The smallest absolute Gasteiger partial charge is 0.262 e. The largest absolute Gasteiger partial charge is 0.361 e. The molecule has 9 heteroatoms. The maximum atomic E-state index is 14.1.